The van der Waals surface area contributed by atoms with E-state index < -0.39 is 0 Å². The molecule has 0 unspecified atom stereocenters. The number of aliphatic hydroxyl groups is 1. The molecule has 2 N–H and O–H groups in total. The summed E-state index contributed by atoms with van der Waals surface area (Å²) in [5, 5.41) is 11.8. The summed E-state index contributed by atoms with van der Waals surface area (Å²) in [5.41, 5.74) is -0.379. The van der Waals surface area contributed by atoms with Gasteiger partial charge in [0.1, 0.15) is 5.76 Å². The van der Waals surface area contributed by atoms with E-state index >= 15 is 0 Å². The number of aliphatic hydroxyl groups excluding tert-OH is 1. The van der Waals surface area contributed by atoms with Crippen molar-refractivity contribution in [3.05, 3.63) is 23.7 Å². The van der Waals surface area contributed by atoms with Crippen LogP contribution in [0.2, 0.25) is 0 Å². The average Bonchev–Trinajstić information content (AvgIpc) is 2.85. The molecule has 1 aliphatic rings. The Hall–Kier alpha value is -1.29. The predicted molar refractivity (Wildman–Crippen MR) is 54.6 cm³/mol. The molecular weight excluding hydrogens is 194 g/mol. The Labute approximate surface area is 88.3 Å². The van der Waals surface area contributed by atoms with E-state index in [4.69, 9.17) is 9.52 Å². The Balaban J connectivity index is 2.01. The van der Waals surface area contributed by atoms with Crippen LogP contribution in [-0.2, 0) is 6.42 Å². The molecule has 0 saturated heterocycles. The van der Waals surface area contributed by atoms with Crippen molar-refractivity contribution < 1.29 is 14.3 Å². The van der Waals surface area contributed by atoms with Crippen molar-refractivity contribution >= 4 is 5.91 Å². The van der Waals surface area contributed by atoms with Crippen LogP contribution < -0.4 is 5.32 Å². The highest BCUT2D eigenvalue weighted by atomic mass is 16.3. The number of aryl methyl sites for hydroxylation is 1. The summed E-state index contributed by atoms with van der Waals surface area (Å²) in [6, 6.07) is 3.47. The van der Waals surface area contributed by atoms with Crippen LogP contribution in [0.25, 0.3) is 0 Å². The molecule has 1 fully saturated rings. The van der Waals surface area contributed by atoms with Gasteiger partial charge >= 0.3 is 0 Å². The second kappa shape index (κ2) is 3.70. The Kier molecular flexibility index (Phi) is 2.52. The van der Waals surface area contributed by atoms with Gasteiger partial charge in [-0.15, -0.1) is 0 Å². The normalized spacial score (nSPS) is 17.5. The molecule has 15 heavy (non-hydrogen) atoms. The van der Waals surface area contributed by atoms with E-state index in [0.717, 1.165) is 25.0 Å². The van der Waals surface area contributed by atoms with Gasteiger partial charge in [-0.1, -0.05) is 6.92 Å². The van der Waals surface area contributed by atoms with Crippen molar-refractivity contribution in [1.82, 2.24) is 5.32 Å². The van der Waals surface area contributed by atoms with E-state index in [0.29, 0.717) is 5.76 Å². The Bertz CT molecular complexity index is 366. The van der Waals surface area contributed by atoms with Crippen molar-refractivity contribution in [2.75, 3.05) is 6.61 Å². The Morgan fingerprint density at radius 3 is 2.80 bits per heavy atom. The third-order valence-electron chi connectivity index (χ3n) is 2.77. The standard InChI is InChI=1S/C11H15NO3/c1-2-8-3-4-9(15-8)10(14)12-11(7-13)5-6-11/h3-4,13H,2,5-7H2,1H3,(H,12,14). The molecule has 0 atom stereocenters. The number of carbonyl (C=O) groups excluding carboxylic acids is 1. The van der Waals surface area contributed by atoms with Gasteiger partial charge in [0.2, 0.25) is 0 Å². The van der Waals surface area contributed by atoms with E-state index in [9.17, 15) is 4.79 Å². The molecule has 4 nitrogen and oxygen atoms in total. The van der Waals surface area contributed by atoms with Crippen LogP contribution in [0.1, 0.15) is 36.1 Å². The minimum atomic E-state index is -0.379. The summed E-state index contributed by atoms with van der Waals surface area (Å²) in [7, 11) is 0. The van der Waals surface area contributed by atoms with E-state index in [-0.39, 0.29) is 18.1 Å². The van der Waals surface area contributed by atoms with Gasteiger partial charge in [-0.2, -0.15) is 0 Å². The first-order chi connectivity index (χ1) is 7.19. The summed E-state index contributed by atoms with van der Waals surface area (Å²) < 4.78 is 5.32. The lowest BCUT2D eigenvalue weighted by molar-refractivity contribution is 0.0877. The molecule has 0 radical (unpaired) electrons. The van der Waals surface area contributed by atoms with Crippen molar-refractivity contribution in [3.63, 3.8) is 0 Å². The molecule has 2 rings (SSSR count). The van der Waals surface area contributed by atoms with Gasteiger partial charge in [-0.25, -0.2) is 0 Å². The molecule has 1 aromatic rings. The van der Waals surface area contributed by atoms with Gasteiger partial charge in [0.05, 0.1) is 12.1 Å². The van der Waals surface area contributed by atoms with Gasteiger partial charge in [0.25, 0.3) is 5.91 Å². The predicted octanol–water partition coefficient (Wildman–Crippen LogP) is 1.10. The maximum absolute atomic E-state index is 11.7. The minimum Gasteiger partial charge on any atom is -0.456 e. The van der Waals surface area contributed by atoms with Crippen LogP contribution in [0.4, 0.5) is 0 Å². The lowest BCUT2D eigenvalue weighted by Gasteiger charge is -2.12. The highest BCUT2D eigenvalue weighted by Gasteiger charge is 2.43. The molecule has 1 saturated carbocycles. The second-order valence-electron chi connectivity index (χ2n) is 4.01. The fourth-order valence-electron chi connectivity index (χ4n) is 1.47. The summed E-state index contributed by atoms with van der Waals surface area (Å²) in [4.78, 5) is 11.7. The molecule has 82 valence electrons. The average molecular weight is 209 g/mol. The van der Waals surface area contributed by atoms with Crippen LogP contribution in [0.3, 0.4) is 0 Å². The molecule has 0 aromatic carbocycles. The molecule has 0 aliphatic heterocycles. The van der Waals surface area contributed by atoms with Crippen molar-refractivity contribution in [2.24, 2.45) is 0 Å². The summed E-state index contributed by atoms with van der Waals surface area (Å²) >= 11 is 0. The lowest BCUT2D eigenvalue weighted by atomic mass is 10.3. The molecular formula is C11H15NO3. The maximum atomic E-state index is 11.7. The topological polar surface area (TPSA) is 62.5 Å². The first-order valence-electron chi connectivity index (χ1n) is 5.21. The van der Waals surface area contributed by atoms with Crippen LogP contribution in [0.5, 0.6) is 0 Å². The number of carbonyl (C=O) groups is 1. The zero-order chi connectivity index (χ0) is 10.9. The number of nitrogens with one attached hydrogen (secondary N) is 1. The second-order valence-corrected chi connectivity index (χ2v) is 4.01. The van der Waals surface area contributed by atoms with Crippen LogP contribution >= 0.6 is 0 Å². The quantitative estimate of drug-likeness (QED) is 0.780. The highest BCUT2D eigenvalue weighted by Crippen LogP contribution is 2.34. The fraction of sp³-hybridized carbons (Fsp3) is 0.545. The monoisotopic (exact) mass is 209 g/mol. The van der Waals surface area contributed by atoms with Gasteiger partial charge in [-0.05, 0) is 25.0 Å². The molecule has 4 heteroatoms. The number of furan rings is 1. The summed E-state index contributed by atoms with van der Waals surface area (Å²) in [6.07, 6.45) is 2.46. The van der Waals surface area contributed by atoms with Crippen LogP contribution in [-0.4, -0.2) is 23.2 Å². The molecule has 1 heterocycles. The van der Waals surface area contributed by atoms with E-state index in [2.05, 4.69) is 5.32 Å². The highest BCUT2D eigenvalue weighted by molar-refractivity contribution is 5.92. The van der Waals surface area contributed by atoms with E-state index in [1.807, 2.05) is 6.92 Å². The van der Waals surface area contributed by atoms with Crippen molar-refractivity contribution in [3.8, 4) is 0 Å². The third-order valence-corrected chi connectivity index (χ3v) is 2.77. The number of hydrogen-bond donors (Lipinski definition) is 2. The van der Waals surface area contributed by atoms with E-state index in [1.165, 1.54) is 0 Å². The van der Waals surface area contributed by atoms with Gasteiger partial charge in [-0.3, -0.25) is 4.79 Å². The molecule has 1 aliphatic carbocycles. The smallest absolute Gasteiger partial charge is 0.287 e. The van der Waals surface area contributed by atoms with Gasteiger partial charge < -0.3 is 14.8 Å². The lowest BCUT2D eigenvalue weighted by Crippen LogP contribution is -2.39. The zero-order valence-electron chi connectivity index (χ0n) is 8.75. The Morgan fingerprint density at radius 2 is 2.33 bits per heavy atom. The molecule has 0 spiro atoms. The third kappa shape index (κ3) is 2.04. The maximum Gasteiger partial charge on any atom is 0.287 e. The first-order valence-corrected chi connectivity index (χ1v) is 5.21. The van der Waals surface area contributed by atoms with Crippen molar-refractivity contribution in [2.45, 2.75) is 31.7 Å². The number of hydrogen-bond acceptors (Lipinski definition) is 3. The minimum absolute atomic E-state index is 0.0000828. The van der Waals surface area contributed by atoms with Crippen molar-refractivity contribution in [1.29, 1.82) is 0 Å². The fourth-order valence-corrected chi connectivity index (χ4v) is 1.47. The molecule has 1 amide bonds. The first kappa shape index (κ1) is 10.2. The van der Waals surface area contributed by atoms with Crippen LogP contribution in [0.15, 0.2) is 16.5 Å². The number of rotatable bonds is 4. The summed E-state index contributed by atoms with van der Waals surface area (Å²) in [5.74, 6) is 0.891. The van der Waals surface area contributed by atoms with E-state index in [1.54, 1.807) is 12.1 Å². The van der Waals surface area contributed by atoms with Gasteiger partial charge in [0, 0.05) is 6.42 Å². The SMILES string of the molecule is CCc1ccc(C(=O)NC2(CO)CC2)o1. The number of amides is 1. The summed E-state index contributed by atoms with van der Waals surface area (Å²) in [6.45, 7) is 1.97. The molecule has 0 bridgehead atoms. The zero-order valence-corrected chi connectivity index (χ0v) is 8.75. The largest absolute Gasteiger partial charge is 0.456 e. The van der Waals surface area contributed by atoms with Gasteiger partial charge in [0.15, 0.2) is 5.76 Å². The Morgan fingerprint density at radius 1 is 1.60 bits per heavy atom. The van der Waals surface area contributed by atoms with Crippen LogP contribution in [0, 0.1) is 0 Å². The molecule has 1 aromatic heterocycles.